The van der Waals surface area contributed by atoms with Crippen LogP contribution in [0.3, 0.4) is 0 Å². The molecule has 0 unspecified atom stereocenters. The Morgan fingerprint density at radius 2 is 1.71 bits per heavy atom. The Morgan fingerprint density at radius 1 is 1.06 bits per heavy atom. The van der Waals surface area contributed by atoms with Crippen molar-refractivity contribution in [3.8, 4) is 0 Å². The molecule has 0 atom stereocenters. The Morgan fingerprint density at radius 3 is 2.29 bits per heavy atom. The van der Waals surface area contributed by atoms with Crippen molar-refractivity contribution in [2.75, 3.05) is 0 Å². The van der Waals surface area contributed by atoms with Gasteiger partial charge in [0.2, 0.25) is 0 Å². The maximum Gasteiger partial charge on any atom is 0.122 e. The molecule has 3 N–H and O–H groups in total. The van der Waals surface area contributed by atoms with Gasteiger partial charge in [-0.15, -0.1) is 0 Å². The number of benzene rings is 2. The summed E-state index contributed by atoms with van der Waals surface area (Å²) in [5, 5.41) is 8.05. The molecule has 4 heteroatoms. The Balaban J connectivity index is 2.20. The van der Waals surface area contributed by atoms with Crippen LogP contribution in [-0.4, -0.2) is 5.84 Å². The van der Waals surface area contributed by atoms with Gasteiger partial charge in [0.1, 0.15) is 5.84 Å². The molecule has 2 rings (SSSR count). The topological polar surface area (TPSA) is 49.9 Å². The van der Waals surface area contributed by atoms with Gasteiger partial charge in [0.15, 0.2) is 0 Å². The standard InChI is InChI=1S/C13H11ClN2S/c14-11-3-1-2-4-12(11)17-10-7-5-9(6-8-10)13(15)16/h1-8H,(H3,15,16). The van der Waals surface area contributed by atoms with Gasteiger partial charge < -0.3 is 5.73 Å². The summed E-state index contributed by atoms with van der Waals surface area (Å²) in [6.45, 7) is 0. The van der Waals surface area contributed by atoms with Gasteiger partial charge in [-0.3, -0.25) is 5.41 Å². The minimum Gasteiger partial charge on any atom is -0.384 e. The van der Waals surface area contributed by atoms with Crippen LogP contribution >= 0.6 is 23.4 Å². The lowest BCUT2D eigenvalue weighted by atomic mass is 10.2. The van der Waals surface area contributed by atoms with Crippen LogP contribution in [0.25, 0.3) is 0 Å². The summed E-state index contributed by atoms with van der Waals surface area (Å²) in [4.78, 5) is 2.09. The highest BCUT2D eigenvalue weighted by atomic mass is 35.5. The average molecular weight is 263 g/mol. The number of rotatable bonds is 3. The van der Waals surface area contributed by atoms with Crippen molar-refractivity contribution < 1.29 is 0 Å². The van der Waals surface area contributed by atoms with Crippen molar-refractivity contribution in [3.63, 3.8) is 0 Å². The molecule has 0 saturated carbocycles. The van der Waals surface area contributed by atoms with Gasteiger partial charge in [0, 0.05) is 15.4 Å². The van der Waals surface area contributed by atoms with Gasteiger partial charge in [0.05, 0.1) is 5.02 Å². The van der Waals surface area contributed by atoms with Gasteiger partial charge >= 0.3 is 0 Å². The van der Waals surface area contributed by atoms with E-state index in [1.807, 2.05) is 48.5 Å². The molecule has 2 aromatic rings. The fourth-order valence-corrected chi connectivity index (χ4v) is 2.45. The van der Waals surface area contributed by atoms with Crippen molar-refractivity contribution in [2.24, 2.45) is 5.73 Å². The molecule has 2 aromatic carbocycles. The highest BCUT2D eigenvalue weighted by Gasteiger charge is 2.02. The Kier molecular flexibility index (Phi) is 3.71. The van der Waals surface area contributed by atoms with Crippen molar-refractivity contribution >= 4 is 29.2 Å². The molecule has 0 aliphatic heterocycles. The minimum absolute atomic E-state index is 0.0827. The summed E-state index contributed by atoms with van der Waals surface area (Å²) in [7, 11) is 0. The Hall–Kier alpha value is -1.45. The summed E-state index contributed by atoms with van der Waals surface area (Å²) in [5.41, 5.74) is 6.13. The minimum atomic E-state index is 0.0827. The van der Waals surface area contributed by atoms with Crippen molar-refractivity contribution in [3.05, 3.63) is 59.1 Å². The molecule has 0 heterocycles. The first-order valence-electron chi connectivity index (χ1n) is 5.03. The molecule has 0 fully saturated rings. The zero-order valence-electron chi connectivity index (χ0n) is 8.98. The second kappa shape index (κ2) is 5.25. The lowest BCUT2D eigenvalue weighted by Crippen LogP contribution is -2.10. The number of hydrogen-bond donors (Lipinski definition) is 2. The maximum absolute atomic E-state index is 7.31. The van der Waals surface area contributed by atoms with Crippen LogP contribution in [0.4, 0.5) is 0 Å². The normalized spacial score (nSPS) is 10.2. The highest BCUT2D eigenvalue weighted by molar-refractivity contribution is 7.99. The molecule has 0 bridgehead atoms. The third-order valence-electron chi connectivity index (χ3n) is 2.23. The second-order valence-electron chi connectivity index (χ2n) is 3.47. The summed E-state index contributed by atoms with van der Waals surface area (Å²) in [6, 6.07) is 15.3. The SMILES string of the molecule is N=C(N)c1ccc(Sc2ccccc2Cl)cc1. The molecular formula is C13H11ClN2S. The summed E-state index contributed by atoms with van der Waals surface area (Å²) >= 11 is 7.67. The number of nitrogens with two attached hydrogens (primary N) is 1. The monoisotopic (exact) mass is 262 g/mol. The van der Waals surface area contributed by atoms with E-state index in [1.165, 1.54) is 0 Å². The van der Waals surface area contributed by atoms with Crippen LogP contribution in [0, 0.1) is 5.41 Å². The first-order chi connectivity index (χ1) is 8.16. The van der Waals surface area contributed by atoms with Gasteiger partial charge in [-0.05, 0) is 24.3 Å². The van der Waals surface area contributed by atoms with Crippen molar-refractivity contribution in [2.45, 2.75) is 9.79 Å². The summed E-state index contributed by atoms with van der Waals surface area (Å²) < 4.78 is 0. The first-order valence-corrected chi connectivity index (χ1v) is 6.23. The smallest absolute Gasteiger partial charge is 0.122 e. The molecule has 17 heavy (non-hydrogen) atoms. The number of halogens is 1. The molecule has 2 nitrogen and oxygen atoms in total. The predicted octanol–water partition coefficient (Wildman–Crippen LogP) is 3.78. The molecule has 0 aliphatic rings. The van der Waals surface area contributed by atoms with Crippen LogP contribution in [0.15, 0.2) is 58.3 Å². The van der Waals surface area contributed by atoms with E-state index in [2.05, 4.69) is 0 Å². The lowest BCUT2D eigenvalue weighted by molar-refractivity contribution is 1.37. The van der Waals surface area contributed by atoms with Crippen LogP contribution in [0.5, 0.6) is 0 Å². The van der Waals surface area contributed by atoms with Gasteiger partial charge in [-0.1, -0.05) is 47.6 Å². The summed E-state index contributed by atoms with van der Waals surface area (Å²) in [5.74, 6) is 0.0827. The largest absolute Gasteiger partial charge is 0.384 e. The van der Waals surface area contributed by atoms with Crippen LogP contribution in [0.1, 0.15) is 5.56 Å². The van der Waals surface area contributed by atoms with Crippen LogP contribution < -0.4 is 5.73 Å². The van der Waals surface area contributed by atoms with Gasteiger partial charge in [-0.25, -0.2) is 0 Å². The number of hydrogen-bond acceptors (Lipinski definition) is 2. The van der Waals surface area contributed by atoms with Gasteiger partial charge in [-0.2, -0.15) is 0 Å². The molecule has 86 valence electrons. The fraction of sp³-hybridized carbons (Fsp3) is 0. The van der Waals surface area contributed by atoms with E-state index < -0.39 is 0 Å². The second-order valence-corrected chi connectivity index (χ2v) is 4.99. The molecule has 0 amide bonds. The van der Waals surface area contributed by atoms with E-state index in [0.717, 1.165) is 20.4 Å². The first kappa shape index (κ1) is 12.0. The maximum atomic E-state index is 7.31. The molecule has 0 aliphatic carbocycles. The highest BCUT2D eigenvalue weighted by Crippen LogP contribution is 2.32. The molecule has 0 aromatic heterocycles. The zero-order valence-corrected chi connectivity index (χ0v) is 10.6. The van der Waals surface area contributed by atoms with Crippen LogP contribution in [0.2, 0.25) is 5.02 Å². The van der Waals surface area contributed by atoms with E-state index in [0.29, 0.717) is 0 Å². The lowest BCUT2D eigenvalue weighted by Gasteiger charge is -2.04. The quantitative estimate of drug-likeness (QED) is 0.653. The fourth-order valence-electron chi connectivity index (χ4n) is 1.36. The number of nitrogens with one attached hydrogen (secondary N) is 1. The zero-order chi connectivity index (χ0) is 12.3. The third kappa shape index (κ3) is 3.02. The molecule has 0 saturated heterocycles. The average Bonchev–Trinajstić information content (AvgIpc) is 2.33. The molecule has 0 radical (unpaired) electrons. The Labute approximate surface area is 109 Å². The number of nitrogen functional groups attached to an aromatic ring is 1. The van der Waals surface area contributed by atoms with E-state index in [-0.39, 0.29) is 5.84 Å². The van der Waals surface area contributed by atoms with Crippen molar-refractivity contribution in [1.82, 2.24) is 0 Å². The summed E-state index contributed by atoms with van der Waals surface area (Å²) in [6.07, 6.45) is 0. The molecule has 0 spiro atoms. The van der Waals surface area contributed by atoms with E-state index in [9.17, 15) is 0 Å². The number of amidine groups is 1. The predicted molar refractivity (Wildman–Crippen MR) is 73.0 cm³/mol. The molecular weight excluding hydrogens is 252 g/mol. The Bertz CT molecular complexity index is 537. The van der Waals surface area contributed by atoms with Gasteiger partial charge in [0.25, 0.3) is 0 Å². The van der Waals surface area contributed by atoms with E-state index >= 15 is 0 Å². The van der Waals surface area contributed by atoms with Crippen LogP contribution in [-0.2, 0) is 0 Å². The van der Waals surface area contributed by atoms with E-state index in [1.54, 1.807) is 11.8 Å². The van der Waals surface area contributed by atoms with E-state index in [4.69, 9.17) is 22.7 Å². The van der Waals surface area contributed by atoms with Crippen molar-refractivity contribution in [1.29, 1.82) is 5.41 Å². The third-order valence-corrected chi connectivity index (χ3v) is 3.76.